The second-order valence-corrected chi connectivity index (χ2v) is 10.2. The molecule has 2 heterocycles. The van der Waals surface area contributed by atoms with Gasteiger partial charge in [0.05, 0.1) is 16.3 Å². The molecule has 0 radical (unpaired) electrons. The van der Waals surface area contributed by atoms with Gasteiger partial charge in [0.2, 0.25) is 0 Å². The summed E-state index contributed by atoms with van der Waals surface area (Å²) < 4.78 is 29.7. The van der Waals surface area contributed by atoms with Crippen LogP contribution in [0.15, 0.2) is 71.6 Å². The van der Waals surface area contributed by atoms with Crippen molar-refractivity contribution in [2.75, 3.05) is 10.0 Å². The van der Waals surface area contributed by atoms with Crippen LogP contribution in [-0.2, 0) is 10.0 Å². The number of anilines is 2. The van der Waals surface area contributed by atoms with Crippen molar-refractivity contribution in [2.24, 2.45) is 0 Å². The minimum absolute atomic E-state index is 0.0507. The molecule has 1 amide bonds. The molecule has 0 atom stereocenters. The summed E-state index contributed by atoms with van der Waals surface area (Å²) in [5.74, 6) is 0.744. The monoisotopic (exact) mass is 488 g/mol. The van der Waals surface area contributed by atoms with Crippen LogP contribution < -0.4 is 10.0 Å². The van der Waals surface area contributed by atoms with Gasteiger partial charge in [-0.2, -0.15) is 5.10 Å². The van der Waals surface area contributed by atoms with Crippen molar-refractivity contribution < 1.29 is 13.2 Å². The maximum atomic E-state index is 13.1. The molecule has 2 N–H and O–H groups in total. The summed E-state index contributed by atoms with van der Waals surface area (Å²) in [6, 6.07) is 18.8. The molecule has 2 aromatic heterocycles. The summed E-state index contributed by atoms with van der Waals surface area (Å²) in [4.78, 5) is 21.5. The first kappa shape index (κ1) is 22.7. The highest BCUT2D eigenvalue weighted by atomic mass is 32.2. The SMILES string of the molecule is Cc1cc(NS(=O)(=O)c2ccc(NC(=O)c3cc(C4CC4)nn3-c3ccccc3)cc2)nc(C)n1. The third-order valence-corrected chi connectivity index (χ3v) is 6.96. The number of hydrogen-bond acceptors (Lipinski definition) is 6. The number of carbonyl (C=O) groups is 1. The molecule has 0 bridgehead atoms. The molecule has 5 rings (SSSR count). The molecule has 2 aromatic carbocycles. The van der Waals surface area contributed by atoms with E-state index < -0.39 is 10.0 Å². The van der Waals surface area contributed by atoms with E-state index in [-0.39, 0.29) is 16.6 Å². The largest absolute Gasteiger partial charge is 0.321 e. The first-order chi connectivity index (χ1) is 16.8. The van der Waals surface area contributed by atoms with Gasteiger partial charge in [-0.15, -0.1) is 0 Å². The number of carbonyl (C=O) groups excluding carboxylic acids is 1. The Morgan fingerprint density at radius 1 is 0.971 bits per heavy atom. The van der Waals surface area contributed by atoms with Crippen LogP contribution in [0.3, 0.4) is 0 Å². The van der Waals surface area contributed by atoms with E-state index in [4.69, 9.17) is 0 Å². The Labute approximate surface area is 203 Å². The molecule has 1 aliphatic carbocycles. The summed E-state index contributed by atoms with van der Waals surface area (Å²) in [6.45, 7) is 3.46. The van der Waals surface area contributed by atoms with E-state index >= 15 is 0 Å². The van der Waals surface area contributed by atoms with Crippen molar-refractivity contribution in [1.29, 1.82) is 0 Å². The fourth-order valence-corrected chi connectivity index (χ4v) is 4.78. The van der Waals surface area contributed by atoms with Crippen LogP contribution in [0.4, 0.5) is 11.5 Å². The second-order valence-electron chi connectivity index (χ2n) is 8.50. The van der Waals surface area contributed by atoms with Gasteiger partial charge in [-0.3, -0.25) is 9.52 Å². The quantitative estimate of drug-likeness (QED) is 0.402. The summed E-state index contributed by atoms with van der Waals surface area (Å²) in [5, 5.41) is 7.51. The standard InChI is InChI=1S/C25H24N6O3S/c1-16-14-24(27-17(2)26-16)30-35(33,34)21-12-10-19(11-13-21)28-25(32)23-15-22(18-8-9-18)29-31(23)20-6-4-3-5-7-20/h3-7,10-15,18H,8-9H2,1-2H3,(H,28,32)(H,26,27,30). The van der Waals surface area contributed by atoms with Crippen LogP contribution in [0.5, 0.6) is 0 Å². The highest BCUT2D eigenvalue weighted by Gasteiger charge is 2.29. The normalized spacial score (nSPS) is 13.4. The number of aryl methyl sites for hydroxylation is 2. The smallest absolute Gasteiger partial charge is 0.274 e. The average molecular weight is 489 g/mol. The van der Waals surface area contributed by atoms with Gasteiger partial charge in [-0.25, -0.2) is 23.1 Å². The number of amides is 1. The molecule has 0 unspecified atom stereocenters. The predicted molar refractivity (Wildman–Crippen MR) is 132 cm³/mol. The van der Waals surface area contributed by atoms with Crippen molar-refractivity contribution >= 4 is 27.4 Å². The number of sulfonamides is 1. The molecule has 0 saturated heterocycles. The van der Waals surface area contributed by atoms with E-state index in [1.165, 1.54) is 12.1 Å². The fourth-order valence-electron chi connectivity index (χ4n) is 3.78. The summed E-state index contributed by atoms with van der Waals surface area (Å²) in [7, 11) is -3.85. The van der Waals surface area contributed by atoms with Crippen LogP contribution in [0.1, 0.15) is 46.5 Å². The van der Waals surface area contributed by atoms with Gasteiger partial charge in [0.1, 0.15) is 17.3 Å². The number of nitrogens with one attached hydrogen (secondary N) is 2. The molecule has 4 aromatic rings. The summed E-state index contributed by atoms with van der Waals surface area (Å²) in [6.07, 6.45) is 2.15. The van der Waals surface area contributed by atoms with E-state index in [9.17, 15) is 13.2 Å². The van der Waals surface area contributed by atoms with Crippen molar-refractivity contribution in [3.05, 3.63) is 89.6 Å². The molecule has 0 aliphatic heterocycles. The van der Waals surface area contributed by atoms with Crippen LogP contribution in [0.25, 0.3) is 5.69 Å². The Morgan fingerprint density at radius 3 is 2.34 bits per heavy atom. The van der Waals surface area contributed by atoms with Gasteiger partial charge in [-0.05, 0) is 69.2 Å². The molecule has 1 aliphatic rings. The van der Waals surface area contributed by atoms with Crippen molar-refractivity contribution in [2.45, 2.75) is 37.5 Å². The molecule has 0 spiro atoms. The molecule has 1 fully saturated rings. The number of para-hydroxylation sites is 1. The Balaban J connectivity index is 1.35. The van der Waals surface area contributed by atoms with E-state index in [0.29, 0.717) is 28.8 Å². The van der Waals surface area contributed by atoms with Gasteiger partial charge in [-0.1, -0.05) is 18.2 Å². The fraction of sp³-hybridized carbons (Fsp3) is 0.200. The topological polar surface area (TPSA) is 119 Å². The number of aromatic nitrogens is 4. The molecule has 9 nitrogen and oxygen atoms in total. The van der Waals surface area contributed by atoms with Gasteiger partial charge in [0, 0.05) is 23.4 Å². The Kier molecular flexibility index (Phi) is 5.81. The van der Waals surface area contributed by atoms with Crippen LogP contribution in [0.2, 0.25) is 0 Å². The highest BCUT2D eigenvalue weighted by Crippen LogP contribution is 2.39. The van der Waals surface area contributed by atoms with Crippen molar-refractivity contribution in [3.8, 4) is 5.69 Å². The second kappa shape index (κ2) is 8.95. The average Bonchev–Trinajstić information content (AvgIpc) is 3.57. The van der Waals surface area contributed by atoms with Crippen molar-refractivity contribution in [1.82, 2.24) is 19.7 Å². The maximum Gasteiger partial charge on any atom is 0.274 e. The predicted octanol–water partition coefficient (Wildman–Crippen LogP) is 4.21. The lowest BCUT2D eigenvalue weighted by Gasteiger charge is -2.10. The van der Waals surface area contributed by atoms with Gasteiger partial charge >= 0.3 is 0 Å². The minimum Gasteiger partial charge on any atom is -0.321 e. The summed E-state index contributed by atoms with van der Waals surface area (Å²) >= 11 is 0. The van der Waals surface area contributed by atoms with Crippen LogP contribution in [-0.4, -0.2) is 34.1 Å². The lowest BCUT2D eigenvalue weighted by Crippen LogP contribution is -2.17. The maximum absolute atomic E-state index is 13.1. The van der Waals surface area contributed by atoms with Crippen molar-refractivity contribution in [3.63, 3.8) is 0 Å². The lowest BCUT2D eigenvalue weighted by atomic mass is 10.2. The van der Waals surface area contributed by atoms with E-state index in [2.05, 4.69) is 25.1 Å². The first-order valence-corrected chi connectivity index (χ1v) is 12.7. The molecule has 178 valence electrons. The zero-order chi connectivity index (χ0) is 24.6. The Morgan fingerprint density at radius 2 is 1.69 bits per heavy atom. The Bertz CT molecular complexity index is 1470. The number of hydrogen-bond donors (Lipinski definition) is 2. The number of rotatable bonds is 7. The lowest BCUT2D eigenvalue weighted by molar-refractivity contribution is 0.101. The third kappa shape index (κ3) is 5.07. The van der Waals surface area contributed by atoms with E-state index in [1.54, 1.807) is 36.7 Å². The third-order valence-electron chi connectivity index (χ3n) is 5.58. The zero-order valence-corrected chi connectivity index (χ0v) is 20.1. The van der Waals surface area contributed by atoms with Crippen LogP contribution in [0, 0.1) is 13.8 Å². The van der Waals surface area contributed by atoms with E-state index in [1.807, 2.05) is 36.4 Å². The number of benzene rings is 2. The van der Waals surface area contributed by atoms with Gasteiger partial charge < -0.3 is 5.32 Å². The van der Waals surface area contributed by atoms with Gasteiger partial charge in [0.15, 0.2) is 0 Å². The first-order valence-electron chi connectivity index (χ1n) is 11.2. The Hall–Kier alpha value is -4.05. The highest BCUT2D eigenvalue weighted by molar-refractivity contribution is 7.92. The minimum atomic E-state index is -3.85. The molecular weight excluding hydrogens is 464 g/mol. The molecule has 10 heteroatoms. The summed E-state index contributed by atoms with van der Waals surface area (Å²) in [5.41, 5.74) is 3.25. The zero-order valence-electron chi connectivity index (χ0n) is 19.3. The van der Waals surface area contributed by atoms with Crippen LogP contribution >= 0.6 is 0 Å². The molecule has 1 saturated carbocycles. The van der Waals surface area contributed by atoms with E-state index in [0.717, 1.165) is 24.2 Å². The number of nitrogens with zero attached hydrogens (tertiary/aromatic N) is 4. The molecule has 35 heavy (non-hydrogen) atoms. The van der Waals surface area contributed by atoms with Gasteiger partial charge in [0.25, 0.3) is 15.9 Å². The molecular formula is C25H24N6O3S.